The molecular formula is C13H13NO4. The maximum absolute atomic E-state index is 10.7. The lowest BCUT2D eigenvalue weighted by molar-refractivity contribution is 0.0685. The fourth-order valence-electron chi connectivity index (χ4n) is 1.57. The maximum Gasteiger partial charge on any atom is 0.358 e. The Bertz CT molecular complexity index is 581. The van der Waals surface area contributed by atoms with Crippen LogP contribution in [0.25, 0.3) is 11.3 Å². The molecule has 2 rings (SSSR count). The highest BCUT2D eigenvalue weighted by atomic mass is 16.5. The van der Waals surface area contributed by atoms with Gasteiger partial charge in [0.1, 0.15) is 0 Å². The van der Waals surface area contributed by atoms with Gasteiger partial charge in [-0.05, 0) is 25.5 Å². The van der Waals surface area contributed by atoms with Crippen LogP contribution in [-0.2, 0) is 5.60 Å². The fraction of sp³-hybridized carbons (Fsp3) is 0.231. The Hall–Kier alpha value is -2.14. The van der Waals surface area contributed by atoms with Crippen LogP contribution in [0, 0.1) is 0 Å². The van der Waals surface area contributed by atoms with Gasteiger partial charge in [0.2, 0.25) is 0 Å². The molecule has 5 heteroatoms. The summed E-state index contributed by atoms with van der Waals surface area (Å²) in [5.41, 5.74) is 0.285. The molecule has 94 valence electrons. The van der Waals surface area contributed by atoms with Gasteiger partial charge in [0.25, 0.3) is 0 Å². The second kappa shape index (κ2) is 4.27. The first-order valence-corrected chi connectivity index (χ1v) is 5.41. The zero-order chi connectivity index (χ0) is 13.3. The van der Waals surface area contributed by atoms with Crippen LogP contribution in [0.1, 0.15) is 29.9 Å². The molecule has 1 aromatic carbocycles. The summed E-state index contributed by atoms with van der Waals surface area (Å²) in [7, 11) is 0. The summed E-state index contributed by atoms with van der Waals surface area (Å²) in [6.07, 6.45) is 0. The molecule has 0 unspecified atom stereocenters. The Labute approximate surface area is 104 Å². The van der Waals surface area contributed by atoms with Crippen LogP contribution in [0.5, 0.6) is 0 Å². The van der Waals surface area contributed by atoms with Crippen LogP contribution in [0.15, 0.2) is 34.9 Å². The highest BCUT2D eigenvalue weighted by Crippen LogP contribution is 2.26. The number of carbonyl (C=O) groups is 1. The largest absolute Gasteiger partial charge is 0.476 e. The number of aliphatic hydroxyl groups is 1. The molecule has 2 aromatic rings. The van der Waals surface area contributed by atoms with E-state index in [1.165, 1.54) is 6.07 Å². The lowest BCUT2D eigenvalue weighted by Crippen LogP contribution is -2.15. The number of benzene rings is 1. The van der Waals surface area contributed by atoms with Gasteiger partial charge >= 0.3 is 5.97 Å². The zero-order valence-electron chi connectivity index (χ0n) is 10.0. The fourth-order valence-corrected chi connectivity index (χ4v) is 1.57. The van der Waals surface area contributed by atoms with Crippen LogP contribution in [-0.4, -0.2) is 21.3 Å². The first-order valence-electron chi connectivity index (χ1n) is 5.41. The Balaban J connectivity index is 2.41. The molecule has 0 saturated heterocycles. The van der Waals surface area contributed by atoms with Crippen molar-refractivity contribution in [2.45, 2.75) is 19.4 Å². The standard InChI is InChI=1S/C13H13NO4/c1-13(2,17)9-5-3-4-8(6-9)11-7-10(12(15)16)14-18-11/h3-7,17H,1-2H3,(H,15,16). The highest BCUT2D eigenvalue weighted by Gasteiger charge is 2.18. The molecule has 0 fully saturated rings. The Morgan fingerprint density at radius 2 is 2.06 bits per heavy atom. The number of aromatic nitrogens is 1. The topological polar surface area (TPSA) is 83.6 Å². The van der Waals surface area contributed by atoms with Gasteiger partial charge in [0.15, 0.2) is 11.5 Å². The first-order chi connectivity index (χ1) is 8.38. The molecule has 0 radical (unpaired) electrons. The number of carboxylic acids is 1. The summed E-state index contributed by atoms with van der Waals surface area (Å²) < 4.78 is 4.97. The molecular weight excluding hydrogens is 234 g/mol. The average molecular weight is 247 g/mol. The van der Waals surface area contributed by atoms with Crippen molar-refractivity contribution in [1.82, 2.24) is 5.16 Å². The van der Waals surface area contributed by atoms with Gasteiger partial charge in [-0.3, -0.25) is 0 Å². The number of hydrogen-bond acceptors (Lipinski definition) is 4. The predicted molar refractivity (Wildman–Crippen MR) is 64.1 cm³/mol. The number of nitrogens with zero attached hydrogens (tertiary/aromatic N) is 1. The molecule has 0 aliphatic carbocycles. The lowest BCUT2D eigenvalue weighted by Gasteiger charge is -2.17. The smallest absolute Gasteiger partial charge is 0.358 e. The molecule has 5 nitrogen and oxygen atoms in total. The molecule has 0 spiro atoms. The van der Waals surface area contributed by atoms with E-state index in [1.54, 1.807) is 38.1 Å². The van der Waals surface area contributed by atoms with Crippen LogP contribution in [0.2, 0.25) is 0 Å². The van der Waals surface area contributed by atoms with E-state index < -0.39 is 11.6 Å². The van der Waals surface area contributed by atoms with E-state index in [2.05, 4.69) is 5.16 Å². The Morgan fingerprint density at radius 3 is 2.61 bits per heavy atom. The zero-order valence-corrected chi connectivity index (χ0v) is 10.0. The molecule has 2 N–H and O–H groups in total. The Kier molecular flexibility index (Phi) is 2.92. The van der Waals surface area contributed by atoms with E-state index in [0.717, 1.165) is 0 Å². The van der Waals surface area contributed by atoms with Crippen LogP contribution in [0.4, 0.5) is 0 Å². The van der Waals surface area contributed by atoms with Crippen molar-refractivity contribution in [3.8, 4) is 11.3 Å². The molecule has 1 heterocycles. The highest BCUT2D eigenvalue weighted by molar-refractivity contribution is 5.86. The van der Waals surface area contributed by atoms with Crippen LogP contribution < -0.4 is 0 Å². The SMILES string of the molecule is CC(C)(O)c1cccc(-c2cc(C(=O)O)no2)c1. The van der Waals surface area contributed by atoms with Gasteiger partial charge in [0.05, 0.1) is 5.60 Å². The molecule has 0 saturated carbocycles. The van der Waals surface area contributed by atoms with E-state index in [0.29, 0.717) is 16.9 Å². The van der Waals surface area contributed by atoms with Crippen LogP contribution in [0.3, 0.4) is 0 Å². The molecule has 0 aliphatic heterocycles. The average Bonchev–Trinajstić information content (AvgIpc) is 2.77. The molecule has 0 atom stereocenters. The third kappa shape index (κ3) is 2.41. The number of hydrogen-bond donors (Lipinski definition) is 2. The third-order valence-corrected chi connectivity index (χ3v) is 2.58. The number of carboxylic acid groups (broad SMARTS) is 1. The van der Waals surface area contributed by atoms with Crippen molar-refractivity contribution in [3.05, 3.63) is 41.6 Å². The van der Waals surface area contributed by atoms with Crippen molar-refractivity contribution in [2.24, 2.45) is 0 Å². The quantitative estimate of drug-likeness (QED) is 0.869. The maximum atomic E-state index is 10.7. The van der Waals surface area contributed by atoms with Gasteiger partial charge in [-0.2, -0.15) is 0 Å². The van der Waals surface area contributed by atoms with Crippen molar-refractivity contribution < 1.29 is 19.5 Å². The van der Waals surface area contributed by atoms with Gasteiger partial charge in [-0.15, -0.1) is 0 Å². The van der Waals surface area contributed by atoms with Crippen LogP contribution >= 0.6 is 0 Å². The van der Waals surface area contributed by atoms with Gasteiger partial charge in [0, 0.05) is 11.6 Å². The Morgan fingerprint density at radius 1 is 1.33 bits per heavy atom. The molecule has 0 aliphatic rings. The summed E-state index contributed by atoms with van der Waals surface area (Å²) in [5.74, 6) is -0.776. The minimum absolute atomic E-state index is 0.140. The molecule has 0 bridgehead atoms. The van der Waals surface area contributed by atoms with Crippen molar-refractivity contribution >= 4 is 5.97 Å². The van der Waals surface area contributed by atoms with Crippen molar-refractivity contribution in [2.75, 3.05) is 0 Å². The monoisotopic (exact) mass is 247 g/mol. The minimum Gasteiger partial charge on any atom is -0.476 e. The second-order valence-electron chi connectivity index (χ2n) is 4.52. The normalized spacial score (nSPS) is 11.5. The van der Waals surface area contributed by atoms with E-state index >= 15 is 0 Å². The second-order valence-corrected chi connectivity index (χ2v) is 4.52. The minimum atomic E-state index is -1.14. The van der Waals surface area contributed by atoms with Gasteiger partial charge in [-0.1, -0.05) is 23.4 Å². The van der Waals surface area contributed by atoms with Crippen molar-refractivity contribution in [1.29, 1.82) is 0 Å². The van der Waals surface area contributed by atoms with Crippen molar-refractivity contribution in [3.63, 3.8) is 0 Å². The summed E-state index contributed by atoms with van der Waals surface area (Å²) >= 11 is 0. The first kappa shape index (κ1) is 12.3. The van der Waals surface area contributed by atoms with E-state index in [4.69, 9.17) is 9.63 Å². The summed E-state index contributed by atoms with van der Waals surface area (Å²) in [4.78, 5) is 10.7. The van der Waals surface area contributed by atoms with Gasteiger partial charge < -0.3 is 14.7 Å². The van der Waals surface area contributed by atoms with E-state index in [9.17, 15) is 9.90 Å². The molecule has 0 amide bonds. The molecule has 18 heavy (non-hydrogen) atoms. The van der Waals surface area contributed by atoms with E-state index in [-0.39, 0.29) is 5.69 Å². The summed E-state index contributed by atoms with van der Waals surface area (Å²) in [6, 6.07) is 8.42. The number of rotatable bonds is 3. The lowest BCUT2D eigenvalue weighted by atomic mass is 9.96. The molecule has 1 aromatic heterocycles. The number of aromatic carboxylic acids is 1. The summed E-state index contributed by atoms with van der Waals surface area (Å²) in [5, 5.41) is 22.1. The third-order valence-electron chi connectivity index (χ3n) is 2.58. The summed E-state index contributed by atoms with van der Waals surface area (Å²) in [6.45, 7) is 3.35. The van der Waals surface area contributed by atoms with E-state index in [1.807, 2.05) is 0 Å². The predicted octanol–water partition coefficient (Wildman–Crippen LogP) is 2.27. The van der Waals surface area contributed by atoms with Gasteiger partial charge in [-0.25, -0.2) is 4.79 Å².